The van der Waals surface area contributed by atoms with Crippen LogP contribution in [0.3, 0.4) is 0 Å². The number of ether oxygens (including phenoxy) is 1. The second kappa shape index (κ2) is 4.91. The molecule has 0 radical (unpaired) electrons. The molecule has 1 aliphatic rings. The van der Waals surface area contributed by atoms with E-state index in [9.17, 15) is 0 Å². The molecule has 1 aromatic rings. The predicted molar refractivity (Wildman–Crippen MR) is 54.1 cm³/mol. The van der Waals surface area contributed by atoms with E-state index < -0.39 is 0 Å². The maximum atomic E-state index is 5.52. The first-order valence-corrected chi connectivity index (χ1v) is 5.06. The first-order valence-electron chi connectivity index (χ1n) is 5.06. The van der Waals surface area contributed by atoms with Crippen molar-refractivity contribution in [2.24, 2.45) is 0 Å². The minimum Gasteiger partial charge on any atom is -0.378 e. The van der Waals surface area contributed by atoms with Gasteiger partial charge in [0.25, 0.3) is 0 Å². The molecule has 0 spiro atoms. The molecule has 76 valence electrons. The van der Waals surface area contributed by atoms with Crippen LogP contribution in [0.5, 0.6) is 0 Å². The van der Waals surface area contributed by atoms with Crippen molar-refractivity contribution in [1.82, 2.24) is 9.97 Å². The number of aromatic nitrogens is 2. The van der Waals surface area contributed by atoms with E-state index in [1.54, 1.807) is 12.5 Å². The zero-order chi connectivity index (χ0) is 9.64. The summed E-state index contributed by atoms with van der Waals surface area (Å²) in [6.07, 6.45) is 7.20. The average Bonchev–Trinajstić information content (AvgIpc) is 2.72. The molecule has 0 bridgehead atoms. The standard InChI is InChI=1S/C10H15N3O/c1-2-9(14-7-1)3-6-12-10-4-5-11-8-13-10/h4-5,8-9H,1-3,6-7H2,(H,11,12,13). The van der Waals surface area contributed by atoms with Gasteiger partial charge in [-0.15, -0.1) is 0 Å². The van der Waals surface area contributed by atoms with Crippen LogP contribution in [-0.4, -0.2) is 29.2 Å². The smallest absolute Gasteiger partial charge is 0.129 e. The van der Waals surface area contributed by atoms with Crippen molar-refractivity contribution in [3.8, 4) is 0 Å². The van der Waals surface area contributed by atoms with Crippen LogP contribution in [0.15, 0.2) is 18.6 Å². The molecule has 1 aliphatic heterocycles. The molecule has 2 heterocycles. The van der Waals surface area contributed by atoms with Crippen molar-refractivity contribution >= 4 is 5.82 Å². The molecule has 0 aromatic carbocycles. The van der Waals surface area contributed by atoms with Crippen molar-refractivity contribution in [2.75, 3.05) is 18.5 Å². The van der Waals surface area contributed by atoms with E-state index in [0.29, 0.717) is 6.10 Å². The number of anilines is 1. The fourth-order valence-electron chi connectivity index (χ4n) is 1.63. The number of hydrogen-bond acceptors (Lipinski definition) is 4. The SMILES string of the molecule is c1cc(NCCC2CCCO2)ncn1. The maximum absolute atomic E-state index is 5.52. The molecule has 0 saturated carbocycles. The van der Waals surface area contributed by atoms with E-state index in [-0.39, 0.29) is 0 Å². The van der Waals surface area contributed by atoms with Gasteiger partial charge in [0.15, 0.2) is 0 Å². The Kier molecular flexibility index (Phi) is 3.29. The normalized spacial score (nSPS) is 21.0. The zero-order valence-electron chi connectivity index (χ0n) is 8.15. The van der Waals surface area contributed by atoms with E-state index in [4.69, 9.17) is 4.74 Å². The van der Waals surface area contributed by atoms with Gasteiger partial charge in [0.2, 0.25) is 0 Å². The van der Waals surface area contributed by atoms with Crippen molar-refractivity contribution in [1.29, 1.82) is 0 Å². The van der Waals surface area contributed by atoms with Crippen LogP contribution in [0.25, 0.3) is 0 Å². The lowest BCUT2D eigenvalue weighted by molar-refractivity contribution is 0.107. The highest BCUT2D eigenvalue weighted by atomic mass is 16.5. The Morgan fingerprint density at radius 3 is 3.29 bits per heavy atom. The number of nitrogens with zero attached hydrogens (tertiary/aromatic N) is 2. The summed E-state index contributed by atoms with van der Waals surface area (Å²) in [6, 6.07) is 1.87. The predicted octanol–water partition coefficient (Wildman–Crippen LogP) is 1.46. The lowest BCUT2D eigenvalue weighted by Gasteiger charge is -2.09. The van der Waals surface area contributed by atoms with Crippen LogP contribution in [0, 0.1) is 0 Å². The maximum Gasteiger partial charge on any atom is 0.129 e. The molecule has 1 saturated heterocycles. The molecule has 4 nitrogen and oxygen atoms in total. The summed E-state index contributed by atoms with van der Waals surface area (Å²) in [7, 11) is 0. The fourth-order valence-corrected chi connectivity index (χ4v) is 1.63. The molecule has 1 N–H and O–H groups in total. The van der Waals surface area contributed by atoms with Gasteiger partial charge in [0.1, 0.15) is 12.1 Å². The van der Waals surface area contributed by atoms with E-state index in [0.717, 1.165) is 25.4 Å². The van der Waals surface area contributed by atoms with Crippen LogP contribution in [0.1, 0.15) is 19.3 Å². The molecule has 1 atom stereocenters. The topological polar surface area (TPSA) is 47.0 Å². The third-order valence-corrected chi connectivity index (χ3v) is 2.38. The lowest BCUT2D eigenvalue weighted by Crippen LogP contribution is -2.12. The Morgan fingerprint density at radius 1 is 1.57 bits per heavy atom. The van der Waals surface area contributed by atoms with E-state index >= 15 is 0 Å². The van der Waals surface area contributed by atoms with Gasteiger partial charge < -0.3 is 10.1 Å². The Bertz CT molecular complexity index is 259. The van der Waals surface area contributed by atoms with Crippen molar-refractivity contribution < 1.29 is 4.74 Å². The van der Waals surface area contributed by atoms with Gasteiger partial charge in [0.05, 0.1) is 6.10 Å². The zero-order valence-corrected chi connectivity index (χ0v) is 8.15. The Hall–Kier alpha value is -1.16. The van der Waals surface area contributed by atoms with Crippen molar-refractivity contribution in [3.63, 3.8) is 0 Å². The molecule has 4 heteroatoms. The Balaban J connectivity index is 1.67. The van der Waals surface area contributed by atoms with Crippen LogP contribution in [0.4, 0.5) is 5.82 Å². The first kappa shape index (κ1) is 9.40. The molecule has 1 unspecified atom stereocenters. The van der Waals surface area contributed by atoms with Crippen LogP contribution < -0.4 is 5.32 Å². The molecule has 0 aliphatic carbocycles. The molecular formula is C10H15N3O. The van der Waals surface area contributed by atoms with Crippen molar-refractivity contribution in [2.45, 2.75) is 25.4 Å². The van der Waals surface area contributed by atoms with Gasteiger partial charge >= 0.3 is 0 Å². The number of hydrogen-bond donors (Lipinski definition) is 1. The first-order chi connectivity index (χ1) is 6.95. The minimum absolute atomic E-state index is 0.448. The second-order valence-corrected chi connectivity index (χ2v) is 3.45. The Morgan fingerprint density at radius 2 is 2.57 bits per heavy atom. The molecule has 14 heavy (non-hydrogen) atoms. The summed E-state index contributed by atoms with van der Waals surface area (Å²) in [4.78, 5) is 7.93. The van der Waals surface area contributed by atoms with Gasteiger partial charge in [-0.1, -0.05) is 0 Å². The summed E-state index contributed by atoms with van der Waals surface area (Å²) in [6.45, 7) is 1.85. The minimum atomic E-state index is 0.448. The van der Waals surface area contributed by atoms with Crippen LogP contribution in [0.2, 0.25) is 0 Å². The van der Waals surface area contributed by atoms with E-state index in [1.165, 1.54) is 12.8 Å². The van der Waals surface area contributed by atoms with E-state index in [1.807, 2.05) is 6.07 Å². The molecule has 0 amide bonds. The molecule has 1 aromatic heterocycles. The lowest BCUT2D eigenvalue weighted by atomic mass is 10.2. The molecular weight excluding hydrogens is 178 g/mol. The number of rotatable bonds is 4. The van der Waals surface area contributed by atoms with Crippen LogP contribution in [-0.2, 0) is 4.74 Å². The summed E-state index contributed by atoms with van der Waals surface area (Å²) in [5.41, 5.74) is 0. The average molecular weight is 193 g/mol. The third-order valence-electron chi connectivity index (χ3n) is 2.38. The Labute approximate surface area is 83.7 Å². The summed E-state index contributed by atoms with van der Waals surface area (Å²) in [5.74, 6) is 0.887. The van der Waals surface area contributed by atoms with E-state index in [2.05, 4.69) is 15.3 Å². The summed E-state index contributed by atoms with van der Waals surface area (Å²) >= 11 is 0. The van der Waals surface area contributed by atoms with Gasteiger partial charge in [0, 0.05) is 19.3 Å². The van der Waals surface area contributed by atoms with Crippen molar-refractivity contribution in [3.05, 3.63) is 18.6 Å². The van der Waals surface area contributed by atoms with Gasteiger partial charge in [-0.05, 0) is 25.3 Å². The quantitative estimate of drug-likeness (QED) is 0.786. The second-order valence-electron chi connectivity index (χ2n) is 3.45. The third kappa shape index (κ3) is 2.67. The monoisotopic (exact) mass is 193 g/mol. The highest BCUT2D eigenvalue weighted by Crippen LogP contribution is 2.14. The van der Waals surface area contributed by atoms with Gasteiger partial charge in [-0.25, -0.2) is 9.97 Å². The van der Waals surface area contributed by atoms with Gasteiger partial charge in [-0.3, -0.25) is 0 Å². The number of nitrogens with one attached hydrogen (secondary N) is 1. The summed E-state index contributed by atoms with van der Waals surface area (Å²) in [5, 5.41) is 3.24. The summed E-state index contributed by atoms with van der Waals surface area (Å²) < 4.78 is 5.52. The molecule has 2 rings (SSSR count). The van der Waals surface area contributed by atoms with Gasteiger partial charge in [-0.2, -0.15) is 0 Å². The highest BCUT2D eigenvalue weighted by molar-refractivity contribution is 5.31. The fraction of sp³-hybridized carbons (Fsp3) is 0.600. The highest BCUT2D eigenvalue weighted by Gasteiger charge is 2.14. The molecule has 1 fully saturated rings. The van der Waals surface area contributed by atoms with Crippen LogP contribution >= 0.6 is 0 Å². The largest absolute Gasteiger partial charge is 0.378 e.